The summed E-state index contributed by atoms with van der Waals surface area (Å²) in [6.07, 6.45) is 0. The lowest BCUT2D eigenvalue weighted by molar-refractivity contribution is -0.163. The van der Waals surface area contributed by atoms with Crippen molar-refractivity contribution in [2.75, 3.05) is 33.8 Å². The van der Waals surface area contributed by atoms with Crippen molar-refractivity contribution in [1.82, 2.24) is 14.7 Å². The molecular formula is C17H23N3O3. The van der Waals surface area contributed by atoms with E-state index in [2.05, 4.69) is 4.90 Å². The van der Waals surface area contributed by atoms with Crippen molar-refractivity contribution in [2.24, 2.45) is 0 Å². The maximum absolute atomic E-state index is 12.5. The smallest absolute Gasteiger partial charge is 0.247 e. The van der Waals surface area contributed by atoms with Gasteiger partial charge in [0, 0.05) is 33.2 Å². The molecule has 2 aliphatic rings. The van der Waals surface area contributed by atoms with E-state index < -0.39 is 0 Å². The highest BCUT2D eigenvalue weighted by molar-refractivity contribution is 5.96. The molecule has 2 aliphatic heterocycles. The van der Waals surface area contributed by atoms with Gasteiger partial charge in [0.25, 0.3) is 0 Å². The molecule has 2 fully saturated rings. The quantitative estimate of drug-likeness (QED) is 0.818. The molecule has 3 rings (SSSR count). The number of fused-ring (bicyclic) bond motifs is 1. The fourth-order valence-corrected chi connectivity index (χ4v) is 3.28. The number of nitrogens with zero attached hydrogens (tertiary/aromatic N) is 3. The second kappa shape index (κ2) is 6.20. The summed E-state index contributed by atoms with van der Waals surface area (Å²) in [4.78, 5) is 30.4. The Hall–Kier alpha value is -2.08. The summed E-state index contributed by atoms with van der Waals surface area (Å²) in [6.45, 7) is 4.56. The molecule has 0 saturated carbocycles. The van der Waals surface area contributed by atoms with Gasteiger partial charge in [-0.25, -0.2) is 0 Å². The van der Waals surface area contributed by atoms with Crippen LogP contribution >= 0.6 is 0 Å². The number of amides is 2. The first kappa shape index (κ1) is 15.8. The van der Waals surface area contributed by atoms with E-state index in [0.717, 1.165) is 18.8 Å². The summed E-state index contributed by atoms with van der Waals surface area (Å²) in [5, 5.41) is 0. The Kier molecular flexibility index (Phi) is 4.26. The van der Waals surface area contributed by atoms with Crippen LogP contribution in [0.15, 0.2) is 24.3 Å². The second-order valence-electron chi connectivity index (χ2n) is 6.26. The van der Waals surface area contributed by atoms with Crippen molar-refractivity contribution in [3.05, 3.63) is 29.8 Å². The molecule has 1 aromatic carbocycles. The molecule has 23 heavy (non-hydrogen) atoms. The Bertz CT molecular complexity index is 602. The molecular weight excluding hydrogens is 294 g/mol. The van der Waals surface area contributed by atoms with Crippen LogP contribution in [-0.4, -0.2) is 72.4 Å². The lowest BCUT2D eigenvalue weighted by Crippen LogP contribution is -2.68. The number of carbonyl (C=O) groups is 2. The SMILES string of the molecule is COc1ccc(CN2CCN3C(=O)[C@H](C)N(C)C(=O)[C@H]3C2)cc1. The monoisotopic (exact) mass is 317 g/mol. The molecule has 2 amide bonds. The highest BCUT2D eigenvalue weighted by atomic mass is 16.5. The molecule has 0 spiro atoms. The summed E-state index contributed by atoms with van der Waals surface area (Å²) in [5.41, 5.74) is 1.18. The number of likely N-dealkylation sites (N-methyl/N-ethyl adjacent to an activating group) is 1. The van der Waals surface area contributed by atoms with Gasteiger partial charge >= 0.3 is 0 Å². The zero-order valence-electron chi connectivity index (χ0n) is 13.9. The molecule has 2 heterocycles. The molecule has 0 N–H and O–H groups in total. The average Bonchev–Trinajstić information content (AvgIpc) is 2.58. The number of hydrogen-bond donors (Lipinski definition) is 0. The highest BCUT2D eigenvalue weighted by Crippen LogP contribution is 2.22. The van der Waals surface area contributed by atoms with Crippen LogP contribution in [-0.2, 0) is 16.1 Å². The van der Waals surface area contributed by atoms with Crippen LogP contribution in [0.5, 0.6) is 5.75 Å². The normalized spacial score (nSPS) is 25.5. The van der Waals surface area contributed by atoms with Crippen molar-refractivity contribution in [3.8, 4) is 5.75 Å². The zero-order valence-corrected chi connectivity index (χ0v) is 13.9. The van der Waals surface area contributed by atoms with Crippen LogP contribution in [0.1, 0.15) is 12.5 Å². The molecule has 0 aromatic heterocycles. The van der Waals surface area contributed by atoms with Crippen LogP contribution in [0.2, 0.25) is 0 Å². The minimum atomic E-state index is -0.355. The molecule has 1 aromatic rings. The fourth-order valence-electron chi connectivity index (χ4n) is 3.28. The topological polar surface area (TPSA) is 53.1 Å². The molecule has 0 bridgehead atoms. The number of rotatable bonds is 3. The largest absolute Gasteiger partial charge is 0.497 e. The predicted octanol–water partition coefficient (Wildman–Crippen LogP) is 0.569. The summed E-state index contributed by atoms with van der Waals surface area (Å²) in [5.74, 6) is 0.931. The van der Waals surface area contributed by atoms with E-state index in [0.29, 0.717) is 13.1 Å². The van der Waals surface area contributed by atoms with Crippen LogP contribution in [0.4, 0.5) is 0 Å². The Morgan fingerprint density at radius 2 is 1.83 bits per heavy atom. The molecule has 2 saturated heterocycles. The van der Waals surface area contributed by atoms with Gasteiger partial charge in [0.15, 0.2) is 0 Å². The van der Waals surface area contributed by atoms with Crippen molar-refractivity contribution in [2.45, 2.75) is 25.6 Å². The highest BCUT2D eigenvalue weighted by Gasteiger charge is 2.44. The van der Waals surface area contributed by atoms with Gasteiger partial charge in [-0.1, -0.05) is 12.1 Å². The van der Waals surface area contributed by atoms with Gasteiger partial charge in [-0.3, -0.25) is 14.5 Å². The molecule has 0 aliphatic carbocycles. The number of carbonyl (C=O) groups excluding carboxylic acids is 2. The average molecular weight is 317 g/mol. The standard InChI is InChI=1S/C17H23N3O3/c1-12-16(21)20-9-8-19(11-15(20)17(22)18(12)2)10-13-4-6-14(23-3)7-5-13/h4-7,12,15H,8-11H2,1-3H3/t12-,15+/m0/s1. The second-order valence-corrected chi connectivity index (χ2v) is 6.26. The van der Waals surface area contributed by atoms with Crippen molar-refractivity contribution >= 4 is 11.8 Å². The Balaban J connectivity index is 1.68. The predicted molar refractivity (Wildman–Crippen MR) is 86.0 cm³/mol. The van der Waals surface area contributed by atoms with Crippen molar-refractivity contribution in [3.63, 3.8) is 0 Å². The number of methoxy groups -OCH3 is 1. The van der Waals surface area contributed by atoms with Gasteiger partial charge in [-0.15, -0.1) is 0 Å². The molecule has 2 atom stereocenters. The summed E-state index contributed by atoms with van der Waals surface area (Å²) in [7, 11) is 3.36. The zero-order chi connectivity index (χ0) is 16.6. The van der Waals surface area contributed by atoms with Gasteiger partial charge in [-0.05, 0) is 24.6 Å². The third-order valence-corrected chi connectivity index (χ3v) is 4.88. The lowest BCUT2D eigenvalue weighted by Gasteiger charge is -2.47. The van der Waals surface area contributed by atoms with E-state index >= 15 is 0 Å². The fraction of sp³-hybridized carbons (Fsp3) is 0.529. The van der Waals surface area contributed by atoms with E-state index in [1.807, 2.05) is 24.3 Å². The number of ether oxygens (including phenoxy) is 1. The van der Waals surface area contributed by atoms with Crippen molar-refractivity contribution in [1.29, 1.82) is 0 Å². The molecule has 6 nitrogen and oxygen atoms in total. The molecule has 0 unspecified atom stereocenters. The number of piperazine rings is 2. The van der Waals surface area contributed by atoms with E-state index in [4.69, 9.17) is 4.74 Å². The first-order chi connectivity index (χ1) is 11.0. The van der Waals surface area contributed by atoms with Crippen LogP contribution in [0, 0.1) is 0 Å². The van der Waals surface area contributed by atoms with E-state index in [-0.39, 0.29) is 23.9 Å². The summed E-state index contributed by atoms with van der Waals surface area (Å²) in [6, 6.07) is 7.25. The maximum atomic E-state index is 12.5. The number of hydrogen-bond acceptors (Lipinski definition) is 4. The minimum absolute atomic E-state index is 0.0385. The first-order valence-electron chi connectivity index (χ1n) is 7.93. The minimum Gasteiger partial charge on any atom is -0.497 e. The summed E-state index contributed by atoms with van der Waals surface area (Å²) >= 11 is 0. The van der Waals surface area contributed by atoms with Crippen LogP contribution in [0.25, 0.3) is 0 Å². The molecule has 124 valence electrons. The number of benzene rings is 1. The molecule has 6 heteroatoms. The van der Waals surface area contributed by atoms with Gasteiger partial charge in [0.05, 0.1) is 7.11 Å². The third kappa shape index (κ3) is 2.91. The van der Waals surface area contributed by atoms with E-state index in [1.165, 1.54) is 5.56 Å². The molecule has 0 radical (unpaired) electrons. The summed E-state index contributed by atoms with van der Waals surface area (Å²) < 4.78 is 5.17. The maximum Gasteiger partial charge on any atom is 0.247 e. The first-order valence-corrected chi connectivity index (χ1v) is 7.93. The lowest BCUT2D eigenvalue weighted by atomic mass is 10.0. The Morgan fingerprint density at radius 1 is 1.13 bits per heavy atom. The Labute approximate surface area is 136 Å². The Morgan fingerprint density at radius 3 is 2.48 bits per heavy atom. The van der Waals surface area contributed by atoms with Gasteiger partial charge in [0.1, 0.15) is 17.8 Å². The third-order valence-electron chi connectivity index (χ3n) is 4.88. The van der Waals surface area contributed by atoms with Gasteiger partial charge in [-0.2, -0.15) is 0 Å². The van der Waals surface area contributed by atoms with E-state index in [1.54, 1.807) is 30.9 Å². The van der Waals surface area contributed by atoms with Crippen LogP contribution in [0.3, 0.4) is 0 Å². The van der Waals surface area contributed by atoms with Crippen molar-refractivity contribution < 1.29 is 14.3 Å². The van der Waals surface area contributed by atoms with Gasteiger partial charge < -0.3 is 14.5 Å². The van der Waals surface area contributed by atoms with Crippen LogP contribution < -0.4 is 4.74 Å². The van der Waals surface area contributed by atoms with Gasteiger partial charge in [0.2, 0.25) is 11.8 Å². The van der Waals surface area contributed by atoms with E-state index in [9.17, 15) is 9.59 Å².